The van der Waals surface area contributed by atoms with Gasteiger partial charge in [-0.05, 0) is 23.8 Å². The van der Waals surface area contributed by atoms with Gasteiger partial charge in [0.05, 0.1) is 11.4 Å². The molecule has 10 heteroatoms. The highest BCUT2D eigenvalue weighted by molar-refractivity contribution is 7.89. The molecule has 1 heterocycles. The van der Waals surface area contributed by atoms with Crippen LogP contribution in [-0.4, -0.2) is 21.6 Å². The maximum atomic E-state index is 12.2. The van der Waals surface area contributed by atoms with Crippen LogP contribution in [0.2, 0.25) is 8.67 Å². The fourth-order valence-electron chi connectivity index (χ4n) is 1.64. The molecule has 2 aromatic rings. The van der Waals surface area contributed by atoms with Crippen LogP contribution in [0.5, 0.6) is 0 Å². The van der Waals surface area contributed by atoms with Crippen LogP contribution >= 0.6 is 34.5 Å². The van der Waals surface area contributed by atoms with E-state index >= 15 is 0 Å². The zero-order chi connectivity index (χ0) is 17.0. The first-order chi connectivity index (χ1) is 10.8. The van der Waals surface area contributed by atoms with Gasteiger partial charge in [0.1, 0.15) is 9.23 Å². The van der Waals surface area contributed by atoms with Crippen molar-refractivity contribution in [2.24, 2.45) is 0 Å². The van der Waals surface area contributed by atoms with Crippen LogP contribution in [0.25, 0.3) is 0 Å². The zero-order valence-corrected chi connectivity index (χ0v) is 14.9. The Kier molecular flexibility index (Phi) is 5.88. The molecule has 23 heavy (non-hydrogen) atoms. The molecule has 0 radical (unpaired) electrons. The van der Waals surface area contributed by atoms with Gasteiger partial charge in [-0.15, -0.1) is 11.3 Å². The molecule has 1 aromatic heterocycles. The van der Waals surface area contributed by atoms with E-state index in [2.05, 4.69) is 14.8 Å². The predicted octanol–water partition coefficient (Wildman–Crippen LogP) is 3.71. The van der Waals surface area contributed by atoms with Crippen molar-refractivity contribution in [2.45, 2.75) is 11.4 Å². The van der Waals surface area contributed by atoms with Gasteiger partial charge >= 0.3 is 6.09 Å². The maximum Gasteiger partial charge on any atom is 0.411 e. The van der Waals surface area contributed by atoms with Gasteiger partial charge < -0.3 is 4.74 Å². The number of carbonyl (C=O) groups is 1. The number of hydrogen-bond donors (Lipinski definition) is 2. The summed E-state index contributed by atoms with van der Waals surface area (Å²) in [6.45, 7) is 0.0740. The smallest absolute Gasteiger partial charge is 0.411 e. The lowest BCUT2D eigenvalue weighted by Crippen LogP contribution is -2.23. The van der Waals surface area contributed by atoms with Gasteiger partial charge in [0.15, 0.2) is 0 Å². The molecule has 0 unspecified atom stereocenters. The number of sulfonamides is 1. The lowest BCUT2D eigenvalue weighted by Gasteiger charge is -2.07. The van der Waals surface area contributed by atoms with Crippen molar-refractivity contribution in [3.8, 4) is 0 Å². The number of halogens is 2. The number of hydrogen-bond acceptors (Lipinski definition) is 5. The summed E-state index contributed by atoms with van der Waals surface area (Å²) in [4.78, 5) is 11.0. The average Bonchev–Trinajstić information content (AvgIpc) is 2.86. The molecule has 6 nitrogen and oxygen atoms in total. The van der Waals surface area contributed by atoms with Crippen LogP contribution in [0.3, 0.4) is 0 Å². The van der Waals surface area contributed by atoms with Gasteiger partial charge in [-0.25, -0.2) is 17.9 Å². The lowest BCUT2D eigenvalue weighted by atomic mass is 10.2. The zero-order valence-electron chi connectivity index (χ0n) is 11.8. The van der Waals surface area contributed by atoms with E-state index < -0.39 is 16.1 Å². The Morgan fingerprint density at radius 1 is 1.26 bits per heavy atom. The van der Waals surface area contributed by atoms with Gasteiger partial charge in [-0.1, -0.05) is 35.3 Å². The molecule has 0 aliphatic rings. The van der Waals surface area contributed by atoms with Crippen LogP contribution < -0.4 is 10.0 Å². The Morgan fingerprint density at radius 2 is 1.91 bits per heavy atom. The number of anilines is 1. The van der Waals surface area contributed by atoms with Gasteiger partial charge in [0, 0.05) is 12.2 Å². The van der Waals surface area contributed by atoms with E-state index in [-0.39, 0.29) is 15.8 Å². The third-order valence-corrected chi connectivity index (χ3v) is 5.92. The van der Waals surface area contributed by atoms with Gasteiger partial charge in [0.25, 0.3) is 0 Å². The Hall–Kier alpha value is -1.32. The number of methoxy groups -OCH3 is 1. The van der Waals surface area contributed by atoms with Crippen LogP contribution in [0.4, 0.5) is 10.5 Å². The van der Waals surface area contributed by atoms with E-state index in [0.717, 1.165) is 11.3 Å². The average molecular weight is 395 g/mol. The first kappa shape index (κ1) is 18.0. The maximum absolute atomic E-state index is 12.2. The summed E-state index contributed by atoms with van der Waals surface area (Å²) < 4.78 is 31.7. The first-order valence-electron chi connectivity index (χ1n) is 6.20. The molecule has 1 amide bonds. The third kappa shape index (κ3) is 4.82. The van der Waals surface area contributed by atoms with Crippen molar-refractivity contribution in [1.29, 1.82) is 0 Å². The summed E-state index contributed by atoms with van der Waals surface area (Å²) in [5.41, 5.74) is 1.25. The SMILES string of the molecule is COC(=O)Nc1ccc(CNS(=O)(=O)c2cc(Cl)sc2Cl)cc1. The summed E-state index contributed by atoms with van der Waals surface area (Å²) in [5.74, 6) is 0. The third-order valence-electron chi connectivity index (χ3n) is 2.77. The molecule has 0 atom stereocenters. The lowest BCUT2D eigenvalue weighted by molar-refractivity contribution is 0.187. The van der Waals surface area contributed by atoms with E-state index in [0.29, 0.717) is 15.6 Å². The fourth-order valence-corrected chi connectivity index (χ4v) is 4.80. The summed E-state index contributed by atoms with van der Waals surface area (Å²) in [5, 5.41) is 2.50. The molecule has 2 N–H and O–H groups in total. The fraction of sp³-hybridized carbons (Fsp3) is 0.154. The summed E-state index contributed by atoms with van der Waals surface area (Å²) >= 11 is 12.6. The Morgan fingerprint density at radius 3 is 2.43 bits per heavy atom. The van der Waals surface area contributed by atoms with Gasteiger partial charge in [0.2, 0.25) is 10.0 Å². The van der Waals surface area contributed by atoms with E-state index in [1.165, 1.54) is 13.2 Å². The molecule has 0 bridgehead atoms. The topological polar surface area (TPSA) is 84.5 Å². The van der Waals surface area contributed by atoms with Crippen molar-refractivity contribution < 1.29 is 17.9 Å². The number of rotatable bonds is 5. The number of carbonyl (C=O) groups excluding carboxylic acids is 1. The van der Waals surface area contributed by atoms with Crippen molar-refractivity contribution in [1.82, 2.24) is 4.72 Å². The van der Waals surface area contributed by atoms with Crippen LogP contribution in [0, 0.1) is 0 Å². The monoisotopic (exact) mass is 394 g/mol. The predicted molar refractivity (Wildman–Crippen MR) is 90.8 cm³/mol. The first-order valence-corrected chi connectivity index (χ1v) is 9.26. The molecule has 124 valence electrons. The van der Waals surface area contributed by atoms with Crippen LogP contribution in [0.15, 0.2) is 35.2 Å². The van der Waals surface area contributed by atoms with Crippen LogP contribution in [-0.2, 0) is 21.3 Å². The summed E-state index contributed by atoms with van der Waals surface area (Å²) in [6.07, 6.45) is -0.581. The van der Waals surface area contributed by atoms with E-state index in [9.17, 15) is 13.2 Å². The minimum absolute atomic E-state index is 0.0434. The second-order valence-electron chi connectivity index (χ2n) is 4.33. The second-order valence-corrected chi connectivity index (χ2v) is 8.35. The standard InChI is InChI=1S/C13H12Cl2N2O4S2/c1-21-13(18)17-9-4-2-8(3-5-9)7-16-23(19,20)10-6-11(14)22-12(10)15/h2-6,16H,7H2,1H3,(H,17,18). The van der Waals surface area contributed by atoms with Gasteiger partial charge in [-0.2, -0.15) is 0 Å². The van der Waals surface area contributed by atoms with Crippen molar-refractivity contribution in [3.63, 3.8) is 0 Å². The van der Waals surface area contributed by atoms with Crippen molar-refractivity contribution in [3.05, 3.63) is 44.6 Å². The largest absolute Gasteiger partial charge is 0.453 e. The molecule has 1 aromatic carbocycles. The molecular weight excluding hydrogens is 383 g/mol. The number of amides is 1. The Balaban J connectivity index is 2.03. The minimum Gasteiger partial charge on any atom is -0.453 e. The summed E-state index contributed by atoms with van der Waals surface area (Å²) in [7, 11) is -2.48. The Labute approximate surface area is 147 Å². The molecule has 0 fully saturated rings. The number of thiophene rings is 1. The number of ether oxygens (including phenoxy) is 1. The Bertz CT molecular complexity index is 804. The molecular formula is C13H12Cl2N2O4S2. The molecule has 0 aliphatic carbocycles. The second kappa shape index (κ2) is 7.50. The molecule has 2 rings (SSSR count). The van der Waals surface area contributed by atoms with Crippen molar-refractivity contribution >= 4 is 56.3 Å². The quantitative estimate of drug-likeness (QED) is 0.809. The van der Waals surface area contributed by atoms with E-state index in [4.69, 9.17) is 23.2 Å². The molecule has 0 saturated heterocycles. The number of benzene rings is 1. The van der Waals surface area contributed by atoms with E-state index in [1.807, 2.05) is 0 Å². The molecule has 0 spiro atoms. The highest BCUT2D eigenvalue weighted by atomic mass is 35.5. The highest BCUT2D eigenvalue weighted by Gasteiger charge is 2.20. The van der Waals surface area contributed by atoms with E-state index in [1.54, 1.807) is 24.3 Å². The summed E-state index contributed by atoms with van der Waals surface area (Å²) in [6, 6.07) is 7.93. The minimum atomic E-state index is -3.75. The molecule has 0 saturated carbocycles. The normalized spacial score (nSPS) is 11.3. The number of nitrogens with one attached hydrogen (secondary N) is 2. The van der Waals surface area contributed by atoms with Gasteiger partial charge in [-0.3, -0.25) is 5.32 Å². The highest BCUT2D eigenvalue weighted by Crippen LogP contribution is 2.34. The molecule has 0 aliphatic heterocycles. The van der Waals surface area contributed by atoms with Crippen molar-refractivity contribution in [2.75, 3.05) is 12.4 Å². The van der Waals surface area contributed by atoms with Crippen LogP contribution in [0.1, 0.15) is 5.56 Å².